The second kappa shape index (κ2) is 5.24. The van der Waals surface area contributed by atoms with Crippen molar-refractivity contribution in [3.05, 3.63) is 27.2 Å². The van der Waals surface area contributed by atoms with Crippen LogP contribution >= 0.6 is 38.2 Å². The minimum atomic E-state index is -3.75. The van der Waals surface area contributed by atoms with Gasteiger partial charge < -0.3 is 4.90 Å². The Bertz CT molecular complexity index is 648. The third-order valence-corrected chi connectivity index (χ3v) is 5.92. The summed E-state index contributed by atoms with van der Waals surface area (Å²) in [5.74, 6) is -0.283. The summed E-state index contributed by atoms with van der Waals surface area (Å²) in [7, 11) is 1.56. The number of hydrogen-bond donors (Lipinski definition) is 0. The number of benzene rings is 1. The highest BCUT2D eigenvalue weighted by atomic mass is 79.9. The minimum absolute atomic E-state index is 0.0443. The molecule has 104 valence electrons. The number of carbonyl (C=O) groups is 1. The molecule has 0 aromatic heterocycles. The molecule has 0 bridgehead atoms. The van der Waals surface area contributed by atoms with Crippen LogP contribution < -0.4 is 4.90 Å². The van der Waals surface area contributed by atoms with Crippen LogP contribution in [-0.2, 0) is 13.8 Å². The van der Waals surface area contributed by atoms with E-state index in [1.807, 2.05) is 6.92 Å². The molecule has 0 N–H and O–H groups in total. The van der Waals surface area contributed by atoms with Crippen molar-refractivity contribution in [2.24, 2.45) is 0 Å². The van der Waals surface area contributed by atoms with Crippen molar-refractivity contribution in [2.75, 3.05) is 11.4 Å². The molecular formula is C11H10BrCl2NO3S. The topological polar surface area (TPSA) is 54.5 Å². The number of aryl methyl sites for hydroxylation is 1. The van der Waals surface area contributed by atoms with Crippen LogP contribution in [0.5, 0.6) is 0 Å². The number of rotatable bonds is 2. The van der Waals surface area contributed by atoms with Gasteiger partial charge in [0.1, 0.15) is 5.25 Å². The van der Waals surface area contributed by atoms with Gasteiger partial charge in [-0.3, -0.25) is 4.79 Å². The van der Waals surface area contributed by atoms with E-state index < -0.39 is 14.3 Å². The lowest BCUT2D eigenvalue weighted by Crippen LogP contribution is -2.27. The first kappa shape index (κ1) is 15.1. The molecule has 1 atom stereocenters. The largest absolute Gasteiger partial charge is 0.310 e. The highest BCUT2D eigenvalue weighted by molar-refractivity contribution is 9.10. The summed E-state index contributed by atoms with van der Waals surface area (Å²) in [4.78, 5) is 13.3. The van der Waals surface area contributed by atoms with Crippen molar-refractivity contribution < 1.29 is 13.2 Å². The predicted octanol–water partition coefficient (Wildman–Crippen LogP) is 3.08. The van der Waals surface area contributed by atoms with Crippen molar-refractivity contribution in [1.29, 1.82) is 0 Å². The minimum Gasteiger partial charge on any atom is -0.310 e. The van der Waals surface area contributed by atoms with Gasteiger partial charge in [-0.25, -0.2) is 8.42 Å². The first-order valence-electron chi connectivity index (χ1n) is 5.39. The molecule has 1 aromatic carbocycles. The normalized spacial score (nSPS) is 20.1. The third-order valence-electron chi connectivity index (χ3n) is 3.01. The van der Waals surface area contributed by atoms with Gasteiger partial charge in [0, 0.05) is 33.1 Å². The standard InChI is InChI=1S/C11H10BrCl2NO3S/c1-6-2-8(12)10(4-9(6)13)15-5-7(3-11(15)16)19(14,17)18/h2,4,7H,3,5H2,1H3. The van der Waals surface area contributed by atoms with Crippen LogP contribution in [0, 0.1) is 6.92 Å². The van der Waals surface area contributed by atoms with Gasteiger partial charge in [0.15, 0.2) is 0 Å². The summed E-state index contributed by atoms with van der Waals surface area (Å²) >= 11 is 9.39. The number of hydrogen-bond acceptors (Lipinski definition) is 3. The first-order valence-corrected chi connectivity index (χ1v) is 8.94. The zero-order valence-electron chi connectivity index (χ0n) is 9.86. The molecule has 0 spiro atoms. The van der Waals surface area contributed by atoms with Crippen LogP contribution in [0.2, 0.25) is 5.02 Å². The molecule has 19 heavy (non-hydrogen) atoms. The predicted molar refractivity (Wildman–Crippen MR) is 79.4 cm³/mol. The Morgan fingerprint density at radius 3 is 2.58 bits per heavy atom. The van der Waals surface area contributed by atoms with Gasteiger partial charge in [-0.1, -0.05) is 11.6 Å². The van der Waals surface area contributed by atoms with E-state index in [9.17, 15) is 13.2 Å². The van der Waals surface area contributed by atoms with Gasteiger partial charge in [0.25, 0.3) is 0 Å². The molecule has 1 fully saturated rings. The Morgan fingerprint density at radius 2 is 2.05 bits per heavy atom. The van der Waals surface area contributed by atoms with Gasteiger partial charge >= 0.3 is 0 Å². The highest BCUT2D eigenvalue weighted by Gasteiger charge is 2.38. The van der Waals surface area contributed by atoms with Crippen LogP contribution in [0.3, 0.4) is 0 Å². The van der Waals surface area contributed by atoms with Gasteiger partial charge in [-0.2, -0.15) is 0 Å². The first-order chi connectivity index (χ1) is 8.70. The average molecular weight is 387 g/mol. The van der Waals surface area contributed by atoms with E-state index in [0.29, 0.717) is 15.2 Å². The third kappa shape index (κ3) is 3.07. The maximum atomic E-state index is 11.9. The molecule has 1 heterocycles. The van der Waals surface area contributed by atoms with Gasteiger partial charge in [0.2, 0.25) is 15.0 Å². The van der Waals surface area contributed by atoms with Crippen LogP contribution in [0.25, 0.3) is 0 Å². The Balaban J connectivity index is 2.39. The Hall–Kier alpha value is -0.300. The Morgan fingerprint density at radius 1 is 1.42 bits per heavy atom. The molecule has 0 saturated carbocycles. The molecule has 2 rings (SSSR count). The van der Waals surface area contributed by atoms with Crippen molar-refractivity contribution >= 4 is 58.9 Å². The average Bonchev–Trinajstić information content (AvgIpc) is 2.65. The molecule has 1 saturated heterocycles. The van der Waals surface area contributed by atoms with Crippen LogP contribution in [0.4, 0.5) is 5.69 Å². The molecular weight excluding hydrogens is 377 g/mol. The summed E-state index contributed by atoms with van der Waals surface area (Å²) in [6, 6.07) is 3.43. The number of halogens is 3. The summed E-state index contributed by atoms with van der Waals surface area (Å²) in [6.07, 6.45) is -0.107. The molecule has 0 radical (unpaired) electrons. The summed E-state index contributed by atoms with van der Waals surface area (Å²) in [5, 5.41) is -0.364. The maximum absolute atomic E-state index is 11.9. The fourth-order valence-electron chi connectivity index (χ4n) is 1.94. The van der Waals surface area contributed by atoms with Crippen molar-refractivity contribution in [3.63, 3.8) is 0 Å². The molecule has 1 unspecified atom stereocenters. The lowest BCUT2D eigenvalue weighted by molar-refractivity contribution is -0.117. The van der Waals surface area contributed by atoms with Crippen LogP contribution in [-0.4, -0.2) is 26.1 Å². The van der Waals surface area contributed by atoms with Gasteiger partial charge in [-0.05, 0) is 40.5 Å². The SMILES string of the molecule is Cc1cc(Br)c(N2CC(S(=O)(=O)Cl)CC2=O)cc1Cl. The van der Waals surface area contributed by atoms with Crippen LogP contribution in [0.1, 0.15) is 12.0 Å². The molecule has 0 aliphatic carbocycles. The lowest BCUT2D eigenvalue weighted by Gasteiger charge is -2.19. The van der Waals surface area contributed by atoms with Crippen molar-refractivity contribution in [3.8, 4) is 0 Å². The lowest BCUT2D eigenvalue weighted by atomic mass is 10.2. The molecule has 8 heteroatoms. The number of carbonyl (C=O) groups excluding carboxylic acids is 1. The van der Waals surface area contributed by atoms with E-state index in [1.54, 1.807) is 12.1 Å². The Labute approximate surface area is 129 Å². The quantitative estimate of drug-likeness (QED) is 0.734. The van der Waals surface area contributed by atoms with E-state index in [1.165, 1.54) is 4.90 Å². The van der Waals surface area contributed by atoms with Crippen molar-refractivity contribution in [1.82, 2.24) is 0 Å². The number of nitrogens with zero attached hydrogens (tertiary/aromatic N) is 1. The maximum Gasteiger partial charge on any atom is 0.237 e. The summed E-state index contributed by atoms with van der Waals surface area (Å²) in [6.45, 7) is 1.89. The van der Waals surface area contributed by atoms with Crippen molar-refractivity contribution in [2.45, 2.75) is 18.6 Å². The zero-order chi connectivity index (χ0) is 14.4. The highest BCUT2D eigenvalue weighted by Crippen LogP contribution is 2.35. The Kier molecular flexibility index (Phi) is 4.16. The molecule has 1 aliphatic rings. The van der Waals surface area contributed by atoms with E-state index in [-0.39, 0.29) is 18.9 Å². The zero-order valence-corrected chi connectivity index (χ0v) is 13.8. The monoisotopic (exact) mass is 385 g/mol. The second-order valence-corrected chi connectivity index (χ2v) is 8.53. The second-order valence-electron chi connectivity index (χ2n) is 4.36. The molecule has 1 aromatic rings. The van der Waals surface area contributed by atoms with E-state index in [2.05, 4.69) is 15.9 Å². The molecule has 4 nitrogen and oxygen atoms in total. The number of amides is 1. The summed E-state index contributed by atoms with van der Waals surface area (Å²) in [5.41, 5.74) is 1.42. The summed E-state index contributed by atoms with van der Waals surface area (Å²) < 4.78 is 23.3. The van der Waals surface area contributed by atoms with E-state index >= 15 is 0 Å². The molecule has 1 amide bonds. The van der Waals surface area contributed by atoms with E-state index in [0.717, 1.165) is 5.56 Å². The van der Waals surface area contributed by atoms with E-state index in [4.69, 9.17) is 22.3 Å². The molecule has 1 aliphatic heterocycles. The van der Waals surface area contributed by atoms with Gasteiger partial charge in [-0.15, -0.1) is 0 Å². The fourth-order valence-corrected chi connectivity index (χ4v) is 3.80. The smallest absolute Gasteiger partial charge is 0.237 e. The number of anilines is 1. The fraction of sp³-hybridized carbons (Fsp3) is 0.364. The van der Waals surface area contributed by atoms with Gasteiger partial charge in [0.05, 0.1) is 5.69 Å². The van der Waals surface area contributed by atoms with Crippen LogP contribution in [0.15, 0.2) is 16.6 Å².